The summed E-state index contributed by atoms with van der Waals surface area (Å²) < 4.78 is 19.7. The van der Waals surface area contributed by atoms with Crippen molar-refractivity contribution in [1.29, 1.82) is 0 Å². The van der Waals surface area contributed by atoms with Gasteiger partial charge in [0.15, 0.2) is 6.10 Å². The molecule has 2 aromatic rings. The summed E-state index contributed by atoms with van der Waals surface area (Å²) in [5, 5.41) is 0. The number of nitrogens with one attached hydrogen (secondary N) is 2. The van der Waals surface area contributed by atoms with Gasteiger partial charge < -0.3 is 4.74 Å². The molecule has 0 aromatic heterocycles. The van der Waals surface area contributed by atoms with Crippen LogP contribution < -0.4 is 15.6 Å². The fourth-order valence-corrected chi connectivity index (χ4v) is 2.20. The molecule has 0 aliphatic heterocycles. The van der Waals surface area contributed by atoms with Crippen LogP contribution in [0.5, 0.6) is 5.75 Å². The number of benzene rings is 2. The summed E-state index contributed by atoms with van der Waals surface area (Å²) in [6, 6.07) is 11.1. The molecule has 1 atom stereocenters. The Morgan fingerprint density at radius 1 is 1.17 bits per heavy atom. The molecular formula is C17H16BrFN2O3. The first-order valence-corrected chi connectivity index (χ1v) is 7.94. The first-order valence-electron chi connectivity index (χ1n) is 7.15. The summed E-state index contributed by atoms with van der Waals surface area (Å²) >= 11 is 3.31. The standard InChI is InChI=1S/C17H16BrFN2O3/c1-10-6-7-12(8-15(10)19)17(23)21-20-16(22)11(2)24-14-5-3-4-13(18)9-14/h3-9,11H,1-2H3,(H,20,22)(H,21,23)/t11-/m1/s1. The number of ether oxygens (including phenoxy) is 1. The van der Waals surface area contributed by atoms with E-state index in [1.54, 1.807) is 32.0 Å². The SMILES string of the molecule is Cc1ccc(C(=O)NNC(=O)[C@@H](C)Oc2cccc(Br)c2)cc1F. The predicted octanol–water partition coefficient (Wildman–Crippen LogP) is 3.13. The molecular weight excluding hydrogens is 379 g/mol. The second-order valence-electron chi connectivity index (χ2n) is 5.12. The van der Waals surface area contributed by atoms with Crippen LogP contribution in [0.25, 0.3) is 0 Å². The molecule has 0 saturated carbocycles. The van der Waals surface area contributed by atoms with Gasteiger partial charge in [0.1, 0.15) is 11.6 Å². The molecule has 0 spiro atoms. The second-order valence-corrected chi connectivity index (χ2v) is 6.04. The fraction of sp³-hybridized carbons (Fsp3) is 0.176. The highest BCUT2D eigenvalue weighted by molar-refractivity contribution is 9.10. The Labute approximate surface area is 147 Å². The molecule has 0 heterocycles. The Morgan fingerprint density at radius 2 is 1.92 bits per heavy atom. The van der Waals surface area contributed by atoms with Crippen molar-refractivity contribution in [2.24, 2.45) is 0 Å². The lowest BCUT2D eigenvalue weighted by Gasteiger charge is -2.15. The molecule has 2 aromatic carbocycles. The maximum absolute atomic E-state index is 13.5. The molecule has 0 saturated heterocycles. The maximum Gasteiger partial charge on any atom is 0.279 e. The normalized spacial score (nSPS) is 11.5. The van der Waals surface area contributed by atoms with Crippen LogP contribution in [-0.2, 0) is 4.79 Å². The van der Waals surface area contributed by atoms with Crippen LogP contribution >= 0.6 is 15.9 Å². The van der Waals surface area contributed by atoms with E-state index < -0.39 is 23.7 Å². The van der Waals surface area contributed by atoms with Crippen LogP contribution in [0.3, 0.4) is 0 Å². The second kappa shape index (κ2) is 7.92. The smallest absolute Gasteiger partial charge is 0.279 e. The topological polar surface area (TPSA) is 67.4 Å². The van der Waals surface area contributed by atoms with Crippen LogP contribution in [0.15, 0.2) is 46.9 Å². The lowest BCUT2D eigenvalue weighted by Crippen LogP contribution is -2.47. The van der Waals surface area contributed by atoms with E-state index in [9.17, 15) is 14.0 Å². The monoisotopic (exact) mass is 394 g/mol. The van der Waals surface area contributed by atoms with E-state index in [2.05, 4.69) is 26.8 Å². The highest BCUT2D eigenvalue weighted by Gasteiger charge is 2.16. The van der Waals surface area contributed by atoms with Crippen LogP contribution in [0.1, 0.15) is 22.8 Å². The van der Waals surface area contributed by atoms with Crippen molar-refractivity contribution in [3.63, 3.8) is 0 Å². The zero-order chi connectivity index (χ0) is 17.7. The summed E-state index contributed by atoms with van der Waals surface area (Å²) in [6.07, 6.45) is -0.825. The van der Waals surface area contributed by atoms with Crippen molar-refractivity contribution in [2.45, 2.75) is 20.0 Å². The van der Waals surface area contributed by atoms with Crippen LogP contribution in [0, 0.1) is 12.7 Å². The number of hydrazine groups is 1. The van der Waals surface area contributed by atoms with Crippen molar-refractivity contribution in [2.75, 3.05) is 0 Å². The summed E-state index contributed by atoms with van der Waals surface area (Å²) in [5.74, 6) is -1.12. The van der Waals surface area contributed by atoms with E-state index >= 15 is 0 Å². The lowest BCUT2D eigenvalue weighted by atomic mass is 10.1. The number of aryl methyl sites for hydroxylation is 1. The molecule has 5 nitrogen and oxygen atoms in total. The zero-order valence-electron chi connectivity index (χ0n) is 13.1. The average Bonchev–Trinajstić information content (AvgIpc) is 2.54. The largest absolute Gasteiger partial charge is 0.481 e. The van der Waals surface area contributed by atoms with Gasteiger partial charge >= 0.3 is 0 Å². The highest BCUT2D eigenvalue weighted by Crippen LogP contribution is 2.18. The first-order chi connectivity index (χ1) is 11.4. The number of carbonyl (C=O) groups excluding carboxylic acids is 2. The van der Waals surface area contributed by atoms with Gasteiger partial charge in [-0.3, -0.25) is 20.4 Å². The van der Waals surface area contributed by atoms with Gasteiger partial charge in [-0.2, -0.15) is 0 Å². The molecule has 2 rings (SSSR count). The van der Waals surface area contributed by atoms with Gasteiger partial charge in [0.25, 0.3) is 11.8 Å². The van der Waals surface area contributed by atoms with Gasteiger partial charge in [-0.05, 0) is 49.7 Å². The van der Waals surface area contributed by atoms with Gasteiger partial charge in [0, 0.05) is 10.0 Å². The highest BCUT2D eigenvalue weighted by atomic mass is 79.9. The number of rotatable bonds is 4. The van der Waals surface area contributed by atoms with E-state index in [1.165, 1.54) is 12.1 Å². The third-order valence-corrected chi connectivity index (χ3v) is 3.70. The third-order valence-electron chi connectivity index (χ3n) is 3.21. The minimum absolute atomic E-state index is 0.110. The molecule has 0 aliphatic carbocycles. The van der Waals surface area contributed by atoms with Crippen LogP contribution in [0.2, 0.25) is 0 Å². The van der Waals surface area contributed by atoms with Gasteiger partial charge in [-0.25, -0.2) is 4.39 Å². The number of halogens is 2. The summed E-state index contributed by atoms with van der Waals surface area (Å²) in [6.45, 7) is 3.15. The molecule has 2 amide bonds. The third kappa shape index (κ3) is 4.79. The van der Waals surface area contributed by atoms with Gasteiger partial charge in [-0.15, -0.1) is 0 Å². The minimum Gasteiger partial charge on any atom is -0.481 e. The van der Waals surface area contributed by atoms with E-state index in [0.29, 0.717) is 11.3 Å². The summed E-state index contributed by atoms with van der Waals surface area (Å²) in [7, 11) is 0. The van der Waals surface area contributed by atoms with Crippen molar-refractivity contribution in [1.82, 2.24) is 10.9 Å². The number of hydrogen-bond acceptors (Lipinski definition) is 3. The van der Waals surface area contributed by atoms with Crippen molar-refractivity contribution >= 4 is 27.7 Å². The molecule has 0 aliphatic rings. The van der Waals surface area contributed by atoms with E-state index in [0.717, 1.165) is 10.5 Å². The lowest BCUT2D eigenvalue weighted by molar-refractivity contribution is -0.128. The van der Waals surface area contributed by atoms with Gasteiger partial charge in [0.2, 0.25) is 0 Å². The van der Waals surface area contributed by atoms with Crippen molar-refractivity contribution in [3.8, 4) is 5.75 Å². The minimum atomic E-state index is -0.825. The Balaban J connectivity index is 1.89. The predicted molar refractivity (Wildman–Crippen MR) is 91.0 cm³/mol. The number of amides is 2. The maximum atomic E-state index is 13.5. The van der Waals surface area contributed by atoms with Crippen molar-refractivity contribution in [3.05, 3.63) is 63.9 Å². The first kappa shape index (κ1) is 17.9. The zero-order valence-corrected chi connectivity index (χ0v) is 14.7. The average molecular weight is 395 g/mol. The fourth-order valence-electron chi connectivity index (χ4n) is 1.82. The van der Waals surface area contributed by atoms with Gasteiger partial charge in [-0.1, -0.05) is 28.1 Å². The number of carbonyl (C=O) groups is 2. The van der Waals surface area contributed by atoms with Crippen LogP contribution in [0.4, 0.5) is 4.39 Å². The van der Waals surface area contributed by atoms with E-state index in [-0.39, 0.29) is 5.56 Å². The molecule has 24 heavy (non-hydrogen) atoms. The molecule has 0 unspecified atom stereocenters. The quantitative estimate of drug-likeness (QED) is 0.782. The van der Waals surface area contributed by atoms with Crippen LogP contribution in [-0.4, -0.2) is 17.9 Å². The van der Waals surface area contributed by atoms with Gasteiger partial charge in [0.05, 0.1) is 0 Å². The molecule has 0 radical (unpaired) electrons. The van der Waals surface area contributed by atoms with Crippen molar-refractivity contribution < 1.29 is 18.7 Å². The van der Waals surface area contributed by atoms with E-state index in [4.69, 9.17) is 4.74 Å². The summed E-state index contributed by atoms with van der Waals surface area (Å²) in [5.41, 5.74) is 5.03. The molecule has 126 valence electrons. The molecule has 0 bridgehead atoms. The Hall–Kier alpha value is -2.41. The molecule has 0 fully saturated rings. The Bertz CT molecular complexity index is 767. The Morgan fingerprint density at radius 3 is 2.58 bits per heavy atom. The number of hydrogen-bond donors (Lipinski definition) is 2. The Kier molecular flexibility index (Phi) is 5.92. The molecule has 2 N–H and O–H groups in total. The van der Waals surface area contributed by atoms with E-state index in [1.807, 2.05) is 6.07 Å². The summed E-state index contributed by atoms with van der Waals surface area (Å²) in [4.78, 5) is 23.9. The molecule has 7 heteroatoms.